The quantitative estimate of drug-likeness (QED) is 0.586. The summed E-state index contributed by atoms with van der Waals surface area (Å²) in [5.74, 6) is 0.452. The molecule has 0 aliphatic heterocycles. The van der Waals surface area contributed by atoms with Gasteiger partial charge in [-0.25, -0.2) is 0 Å². The molecule has 0 saturated heterocycles. The van der Waals surface area contributed by atoms with Gasteiger partial charge in [0.2, 0.25) is 0 Å². The lowest BCUT2D eigenvalue weighted by Gasteiger charge is -2.09. The molecule has 0 bridgehead atoms. The third-order valence-corrected chi connectivity index (χ3v) is 4.34. The van der Waals surface area contributed by atoms with Gasteiger partial charge < -0.3 is 10.1 Å². The van der Waals surface area contributed by atoms with Gasteiger partial charge in [-0.1, -0.05) is 49.4 Å². The van der Waals surface area contributed by atoms with Crippen LogP contribution in [0.4, 0.5) is 0 Å². The molecule has 0 aliphatic rings. The van der Waals surface area contributed by atoms with Crippen LogP contribution in [-0.2, 0) is 0 Å². The summed E-state index contributed by atoms with van der Waals surface area (Å²) < 4.78 is 0. The van der Waals surface area contributed by atoms with Crippen molar-refractivity contribution in [3.63, 3.8) is 0 Å². The van der Waals surface area contributed by atoms with E-state index in [-0.39, 0.29) is 11.7 Å². The lowest BCUT2D eigenvalue weighted by molar-refractivity contribution is 0.477. The fourth-order valence-corrected chi connectivity index (χ4v) is 2.93. The van der Waals surface area contributed by atoms with E-state index in [1.54, 1.807) is 12.1 Å². The number of benzene rings is 2. The zero-order valence-corrected chi connectivity index (χ0v) is 13.3. The highest BCUT2D eigenvalue weighted by atomic mass is 16.3. The van der Waals surface area contributed by atoms with Gasteiger partial charge in [-0.05, 0) is 29.8 Å². The Balaban J connectivity index is 1.75. The summed E-state index contributed by atoms with van der Waals surface area (Å²) in [7, 11) is 0. The highest BCUT2D eigenvalue weighted by molar-refractivity contribution is 5.81. The Morgan fingerprint density at radius 3 is 2.46 bits per heavy atom. The number of phenols is 1. The van der Waals surface area contributed by atoms with Crippen LogP contribution in [0.3, 0.4) is 0 Å². The minimum atomic E-state index is 0.208. The molecule has 2 aromatic carbocycles. The van der Waals surface area contributed by atoms with Gasteiger partial charge in [-0.3, -0.25) is 0 Å². The molecule has 0 spiro atoms. The van der Waals surface area contributed by atoms with Crippen LogP contribution in [0.2, 0.25) is 0 Å². The number of rotatable bonds is 3. The first kappa shape index (κ1) is 14.5. The van der Waals surface area contributed by atoms with Crippen LogP contribution in [-0.4, -0.2) is 20.3 Å². The van der Waals surface area contributed by atoms with Crippen molar-refractivity contribution in [2.24, 2.45) is 0 Å². The topological polar surface area (TPSA) is 61.8 Å². The summed E-state index contributed by atoms with van der Waals surface area (Å²) in [4.78, 5) is 3.35. The van der Waals surface area contributed by atoms with Crippen molar-refractivity contribution in [2.45, 2.75) is 12.8 Å². The lowest BCUT2D eigenvalue weighted by Crippen LogP contribution is -1.95. The fraction of sp³-hybridized carbons (Fsp3) is 0.100. The number of fused-ring (bicyclic) bond motifs is 1. The van der Waals surface area contributed by atoms with Crippen molar-refractivity contribution in [3.05, 3.63) is 78.0 Å². The maximum atomic E-state index is 10.0. The molecule has 0 fully saturated rings. The van der Waals surface area contributed by atoms with Crippen molar-refractivity contribution < 1.29 is 5.11 Å². The van der Waals surface area contributed by atoms with Gasteiger partial charge in [0.1, 0.15) is 5.75 Å². The van der Waals surface area contributed by atoms with E-state index in [0.29, 0.717) is 11.3 Å². The summed E-state index contributed by atoms with van der Waals surface area (Å²) >= 11 is 0. The summed E-state index contributed by atoms with van der Waals surface area (Å²) in [6.07, 6.45) is 0. The zero-order chi connectivity index (χ0) is 16.5. The van der Waals surface area contributed by atoms with E-state index >= 15 is 0 Å². The Labute approximate surface area is 139 Å². The van der Waals surface area contributed by atoms with Gasteiger partial charge in [0, 0.05) is 22.6 Å². The second kappa shape index (κ2) is 5.81. The van der Waals surface area contributed by atoms with Gasteiger partial charge >= 0.3 is 0 Å². The smallest absolute Gasteiger partial charge is 0.160 e. The average Bonchev–Trinajstić information content (AvgIpc) is 3.05. The van der Waals surface area contributed by atoms with E-state index in [1.807, 2.05) is 36.4 Å². The Kier molecular flexibility index (Phi) is 3.50. The molecule has 2 N–H and O–H groups in total. The van der Waals surface area contributed by atoms with Crippen LogP contribution >= 0.6 is 0 Å². The van der Waals surface area contributed by atoms with Crippen molar-refractivity contribution in [2.75, 3.05) is 0 Å². The number of H-pyrrole nitrogens is 1. The van der Waals surface area contributed by atoms with E-state index in [0.717, 1.165) is 16.7 Å². The molecule has 1 atom stereocenters. The Morgan fingerprint density at radius 2 is 1.67 bits per heavy atom. The molecule has 4 heteroatoms. The highest BCUT2D eigenvalue weighted by Crippen LogP contribution is 2.30. The molecule has 0 saturated carbocycles. The Morgan fingerprint density at radius 1 is 0.917 bits per heavy atom. The van der Waals surface area contributed by atoms with E-state index in [9.17, 15) is 5.11 Å². The first-order valence-electron chi connectivity index (χ1n) is 7.92. The van der Waals surface area contributed by atoms with Crippen LogP contribution in [0.25, 0.3) is 22.3 Å². The summed E-state index contributed by atoms with van der Waals surface area (Å²) in [5, 5.41) is 19.5. The molecule has 2 heterocycles. The minimum absolute atomic E-state index is 0.208. The maximum absolute atomic E-state index is 10.0. The summed E-state index contributed by atoms with van der Waals surface area (Å²) in [5.41, 5.74) is 4.45. The minimum Gasteiger partial charge on any atom is -0.507 e. The van der Waals surface area contributed by atoms with Crippen LogP contribution in [0.15, 0.2) is 66.7 Å². The van der Waals surface area contributed by atoms with Gasteiger partial charge in [-0.2, -0.15) is 0 Å². The fourth-order valence-electron chi connectivity index (χ4n) is 2.93. The normalized spacial score (nSPS) is 12.4. The van der Waals surface area contributed by atoms with E-state index in [1.165, 1.54) is 5.56 Å². The number of para-hydroxylation sites is 1. The largest absolute Gasteiger partial charge is 0.507 e. The lowest BCUT2D eigenvalue weighted by atomic mass is 9.98. The number of nitrogens with zero attached hydrogens (tertiary/aromatic N) is 2. The summed E-state index contributed by atoms with van der Waals surface area (Å²) in [6, 6.07) is 21.6. The van der Waals surface area contributed by atoms with Crippen molar-refractivity contribution in [1.29, 1.82) is 0 Å². The number of phenolic OH excluding ortho intramolecular Hbond substituents is 1. The maximum Gasteiger partial charge on any atom is 0.160 e. The van der Waals surface area contributed by atoms with Crippen molar-refractivity contribution in [3.8, 4) is 17.0 Å². The predicted molar refractivity (Wildman–Crippen MR) is 94.9 cm³/mol. The monoisotopic (exact) mass is 315 g/mol. The van der Waals surface area contributed by atoms with E-state index in [4.69, 9.17) is 0 Å². The van der Waals surface area contributed by atoms with Crippen LogP contribution < -0.4 is 0 Å². The van der Waals surface area contributed by atoms with Crippen LogP contribution in [0, 0.1) is 0 Å². The molecule has 0 aliphatic carbocycles. The van der Waals surface area contributed by atoms with Gasteiger partial charge in [-0.15, -0.1) is 10.2 Å². The molecule has 118 valence electrons. The van der Waals surface area contributed by atoms with E-state index in [2.05, 4.69) is 40.3 Å². The molecular weight excluding hydrogens is 298 g/mol. The number of nitrogens with one attached hydrogen (secondary N) is 1. The Hall–Kier alpha value is -3.14. The third kappa shape index (κ3) is 2.52. The molecule has 2 aromatic heterocycles. The van der Waals surface area contributed by atoms with Crippen LogP contribution in [0.5, 0.6) is 5.75 Å². The predicted octanol–water partition coefficient (Wildman–Crippen LogP) is 4.48. The molecule has 24 heavy (non-hydrogen) atoms. The molecule has 4 aromatic rings. The standard InChI is InChI=1S/C20H17N3O/c1-13(14-7-3-2-4-8-14)17-11-15-12-18(22-23-20(15)21-17)16-9-5-6-10-19(16)24/h2-13,24H,1H3,(H,21,23). The molecule has 0 amide bonds. The third-order valence-electron chi connectivity index (χ3n) is 4.34. The van der Waals surface area contributed by atoms with Gasteiger partial charge in [0.15, 0.2) is 5.65 Å². The molecule has 4 rings (SSSR count). The van der Waals surface area contributed by atoms with Crippen LogP contribution in [0.1, 0.15) is 24.1 Å². The number of hydrogen-bond donors (Lipinski definition) is 2. The highest BCUT2D eigenvalue weighted by Gasteiger charge is 2.13. The zero-order valence-electron chi connectivity index (χ0n) is 13.3. The number of aromatic hydroxyl groups is 1. The van der Waals surface area contributed by atoms with Crippen molar-refractivity contribution in [1.82, 2.24) is 15.2 Å². The Bertz CT molecular complexity index is 992. The second-order valence-electron chi connectivity index (χ2n) is 5.91. The van der Waals surface area contributed by atoms with Crippen molar-refractivity contribution >= 4 is 11.0 Å². The van der Waals surface area contributed by atoms with E-state index < -0.39 is 0 Å². The number of aromatic nitrogens is 3. The van der Waals surface area contributed by atoms with Gasteiger partial charge in [0.25, 0.3) is 0 Å². The SMILES string of the molecule is CC(c1ccccc1)c1cc2cc(-c3ccccc3O)nnc2[nH]1. The molecular formula is C20H17N3O. The first-order valence-corrected chi connectivity index (χ1v) is 7.92. The average molecular weight is 315 g/mol. The number of aromatic amines is 1. The molecule has 4 nitrogen and oxygen atoms in total. The molecule has 1 unspecified atom stereocenters. The first-order chi connectivity index (χ1) is 11.7. The molecule has 0 radical (unpaired) electrons. The summed E-state index contributed by atoms with van der Waals surface area (Å²) in [6.45, 7) is 2.16. The number of hydrogen-bond acceptors (Lipinski definition) is 3. The second-order valence-corrected chi connectivity index (χ2v) is 5.91. The van der Waals surface area contributed by atoms with Gasteiger partial charge in [0.05, 0.1) is 5.69 Å².